The van der Waals surface area contributed by atoms with Crippen LogP contribution in [0.3, 0.4) is 0 Å². The summed E-state index contributed by atoms with van der Waals surface area (Å²) in [6.07, 6.45) is 0.0227. The third kappa shape index (κ3) is 3.25. The van der Waals surface area contributed by atoms with Crippen LogP contribution in [0.15, 0.2) is 24.3 Å². The van der Waals surface area contributed by atoms with Crippen LogP contribution < -0.4 is 4.74 Å². The van der Waals surface area contributed by atoms with Crippen LogP contribution in [-0.4, -0.2) is 45.7 Å². The van der Waals surface area contributed by atoms with Gasteiger partial charge in [-0.2, -0.15) is 0 Å². The normalized spacial score (nSPS) is 18.4. The lowest BCUT2D eigenvalue weighted by atomic mass is 10.1. The Morgan fingerprint density at radius 1 is 1.45 bits per heavy atom. The highest BCUT2D eigenvalue weighted by molar-refractivity contribution is 7.99. The van der Waals surface area contributed by atoms with E-state index in [0.29, 0.717) is 22.9 Å². The number of hydrogen-bond acceptors (Lipinski definition) is 4. The Morgan fingerprint density at radius 2 is 2.20 bits per heavy atom. The number of carboxylic acids is 1. The number of carboxylic acid groups (broad SMARTS) is 1. The van der Waals surface area contributed by atoms with E-state index in [0.717, 1.165) is 0 Å². The van der Waals surface area contributed by atoms with Crippen LogP contribution in [0.4, 0.5) is 0 Å². The number of amides is 1. The van der Waals surface area contributed by atoms with Crippen molar-refractivity contribution in [2.45, 2.75) is 26.0 Å². The summed E-state index contributed by atoms with van der Waals surface area (Å²) in [6, 6.07) is 6.11. The van der Waals surface area contributed by atoms with Gasteiger partial charge in [-0.3, -0.25) is 4.79 Å². The van der Waals surface area contributed by atoms with Crippen molar-refractivity contribution < 1.29 is 19.4 Å². The number of hydrogen-bond donors (Lipinski definition) is 1. The predicted molar refractivity (Wildman–Crippen MR) is 77.1 cm³/mol. The summed E-state index contributed by atoms with van der Waals surface area (Å²) in [5.74, 6) is 0.230. The van der Waals surface area contributed by atoms with Gasteiger partial charge in [0.2, 0.25) is 0 Å². The van der Waals surface area contributed by atoms with Crippen molar-refractivity contribution in [3.8, 4) is 5.75 Å². The maximum atomic E-state index is 12.4. The Morgan fingerprint density at radius 3 is 2.85 bits per heavy atom. The van der Waals surface area contributed by atoms with E-state index in [2.05, 4.69) is 0 Å². The number of nitrogens with zero attached hydrogens (tertiary/aromatic N) is 1. The first kappa shape index (κ1) is 14.7. The number of carbonyl (C=O) groups excluding carboxylic acids is 1. The van der Waals surface area contributed by atoms with Crippen LogP contribution in [0.1, 0.15) is 24.2 Å². The van der Waals surface area contributed by atoms with Gasteiger partial charge in [-0.25, -0.2) is 4.79 Å². The van der Waals surface area contributed by atoms with E-state index in [4.69, 9.17) is 9.84 Å². The van der Waals surface area contributed by atoms with Gasteiger partial charge in [0, 0.05) is 11.3 Å². The molecule has 0 saturated carbocycles. The van der Waals surface area contributed by atoms with Gasteiger partial charge < -0.3 is 14.7 Å². The van der Waals surface area contributed by atoms with E-state index in [1.807, 2.05) is 13.8 Å². The molecule has 6 heteroatoms. The van der Waals surface area contributed by atoms with Crippen molar-refractivity contribution in [3.63, 3.8) is 0 Å². The molecule has 0 radical (unpaired) electrons. The van der Waals surface area contributed by atoms with E-state index in [9.17, 15) is 9.59 Å². The molecule has 5 nitrogen and oxygen atoms in total. The molecule has 1 aliphatic heterocycles. The molecule has 1 atom stereocenters. The molecule has 1 heterocycles. The van der Waals surface area contributed by atoms with Gasteiger partial charge >= 0.3 is 5.97 Å². The molecule has 1 saturated heterocycles. The minimum Gasteiger partial charge on any atom is -0.491 e. The monoisotopic (exact) mass is 295 g/mol. The van der Waals surface area contributed by atoms with E-state index in [1.165, 1.54) is 16.7 Å². The highest BCUT2D eigenvalue weighted by Gasteiger charge is 2.35. The molecule has 1 aromatic carbocycles. The van der Waals surface area contributed by atoms with Gasteiger partial charge in [0.05, 0.1) is 12.0 Å². The van der Waals surface area contributed by atoms with Gasteiger partial charge in [0.25, 0.3) is 5.91 Å². The second-order valence-corrected chi connectivity index (χ2v) is 5.82. The van der Waals surface area contributed by atoms with Crippen molar-refractivity contribution in [3.05, 3.63) is 29.8 Å². The SMILES string of the molecule is CC(C)Oc1cccc(C(=O)N2CSCC2C(=O)O)c1. The zero-order chi connectivity index (χ0) is 14.7. The molecule has 1 amide bonds. The molecule has 2 rings (SSSR count). The van der Waals surface area contributed by atoms with Crippen molar-refractivity contribution in [2.75, 3.05) is 11.6 Å². The molecule has 0 spiro atoms. The first-order valence-electron chi connectivity index (χ1n) is 6.37. The fourth-order valence-corrected chi connectivity index (χ4v) is 3.13. The highest BCUT2D eigenvalue weighted by Crippen LogP contribution is 2.24. The van der Waals surface area contributed by atoms with E-state index in [-0.39, 0.29) is 12.0 Å². The lowest BCUT2D eigenvalue weighted by Crippen LogP contribution is -2.41. The number of aliphatic carboxylic acids is 1. The second kappa shape index (κ2) is 6.17. The summed E-state index contributed by atoms with van der Waals surface area (Å²) in [6.45, 7) is 3.82. The topological polar surface area (TPSA) is 66.8 Å². The Bertz CT molecular complexity index is 518. The Kier molecular flexibility index (Phi) is 4.54. The molecular weight excluding hydrogens is 278 g/mol. The molecule has 0 bridgehead atoms. The number of thioether (sulfide) groups is 1. The van der Waals surface area contributed by atoms with Gasteiger partial charge in [-0.1, -0.05) is 6.07 Å². The van der Waals surface area contributed by atoms with Crippen LogP contribution in [0, 0.1) is 0 Å². The highest BCUT2D eigenvalue weighted by atomic mass is 32.2. The van der Waals surface area contributed by atoms with Gasteiger partial charge in [-0.05, 0) is 32.0 Å². The average Bonchev–Trinajstić information content (AvgIpc) is 2.86. The molecule has 20 heavy (non-hydrogen) atoms. The van der Waals surface area contributed by atoms with Gasteiger partial charge in [0.1, 0.15) is 11.8 Å². The third-order valence-corrected chi connectivity index (χ3v) is 3.89. The Balaban J connectivity index is 2.18. The summed E-state index contributed by atoms with van der Waals surface area (Å²) in [5, 5.41) is 9.12. The molecule has 1 aromatic rings. The fourth-order valence-electron chi connectivity index (χ4n) is 1.99. The lowest BCUT2D eigenvalue weighted by Gasteiger charge is -2.21. The average molecular weight is 295 g/mol. The molecule has 1 unspecified atom stereocenters. The van der Waals surface area contributed by atoms with Crippen LogP contribution in [0.5, 0.6) is 5.75 Å². The van der Waals surface area contributed by atoms with Crippen LogP contribution in [-0.2, 0) is 4.79 Å². The molecule has 1 aliphatic rings. The maximum absolute atomic E-state index is 12.4. The summed E-state index contributed by atoms with van der Waals surface area (Å²) < 4.78 is 5.55. The first-order chi connectivity index (χ1) is 9.49. The molecular formula is C14H17NO4S. The standard InChI is InChI=1S/C14H17NO4S/c1-9(2)19-11-5-3-4-10(6-11)13(16)15-8-20-7-12(15)14(17)18/h3-6,9,12H,7-8H2,1-2H3,(H,17,18). The summed E-state index contributed by atoms with van der Waals surface area (Å²) in [7, 11) is 0. The maximum Gasteiger partial charge on any atom is 0.327 e. The molecule has 0 aromatic heterocycles. The number of rotatable bonds is 4. The van der Waals surface area contributed by atoms with E-state index in [1.54, 1.807) is 24.3 Å². The van der Waals surface area contributed by atoms with Crippen molar-refractivity contribution >= 4 is 23.6 Å². The van der Waals surface area contributed by atoms with E-state index < -0.39 is 12.0 Å². The minimum absolute atomic E-state index is 0.0227. The van der Waals surface area contributed by atoms with Gasteiger partial charge in [0.15, 0.2) is 0 Å². The smallest absolute Gasteiger partial charge is 0.327 e. The number of benzene rings is 1. The van der Waals surface area contributed by atoms with Crippen molar-refractivity contribution in [2.24, 2.45) is 0 Å². The summed E-state index contributed by atoms with van der Waals surface area (Å²) in [4.78, 5) is 24.9. The first-order valence-corrected chi connectivity index (χ1v) is 7.52. The number of ether oxygens (including phenoxy) is 1. The minimum atomic E-state index is -0.960. The third-order valence-electron chi connectivity index (χ3n) is 2.88. The summed E-state index contributed by atoms with van der Waals surface area (Å²) in [5.41, 5.74) is 0.455. The van der Waals surface area contributed by atoms with Crippen LogP contribution in [0.2, 0.25) is 0 Å². The molecule has 1 fully saturated rings. The largest absolute Gasteiger partial charge is 0.491 e. The van der Waals surface area contributed by atoms with Crippen molar-refractivity contribution in [1.82, 2.24) is 4.90 Å². The van der Waals surface area contributed by atoms with E-state index >= 15 is 0 Å². The molecule has 108 valence electrons. The summed E-state index contributed by atoms with van der Waals surface area (Å²) >= 11 is 1.45. The zero-order valence-electron chi connectivity index (χ0n) is 11.4. The Hall–Kier alpha value is -1.69. The predicted octanol–water partition coefficient (Wildman–Crippen LogP) is 2.07. The molecule has 0 aliphatic carbocycles. The number of carbonyl (C=O) groups is 2. The molecule has 1 N–H and O–H groups in total. The van der Waals surface area contributed by atoms with Gasteiger partial charge in [-0.15, -0.1) is 11.8 Å². The van der Waals surface area contributed by atoms with Crippen LogP contribution >= 0.6 is 11.8 Å². The quantitative estimate of drug-likeness (QED) is 0.921. The van der Waals surface area contributed by atoms with Crippen LogP contribution in [0.25, 0.3) is 0 Å². The lowest BCUT2D eigenvalue weighted by molar-refractivity contribution is -0.140. The van der Waals surface area contributed by atoms with Crippen molar-refractivity contribution in [1.29, 1.82) is 0 Å². The fraction of sp³-hybridized carbons (Fsp3) is 0.429. The second-order valence-electron chi connectivity index (χ2n) is 4.82. The Labute approximate surface area is 121 Å². The zero-order valence-corrected chi connectivity index (χ0v) is 12.2.